The number of rotatable bonds is 7. The molecule has 0 aliphatic heterocycles. The van der Waals surface area contributed by atoms with Gasteiger partial charge in [0.25, 0.3) is 5.91 Å². The van der Waals surface area contributed by atoms with Crippen LogP contribution < -0.4 is 11.1 Å². The Kier molecular flexibility index (Phi) is 7.46. The molecule has 5 nitrogen and oxygen atoms in total. The Morgan fingerprint density at radius 3 is 2.68 bits per heavy atom. The first-order chi connectivity index (χ1) is 10.5. The largest absolute Gasteiger partial charge is 0.348 e. The van der Waals surface area contributed by atoms with Crippen LogP contribution in [0.3, 0.4) is 0 Å². The van der Waals surface area contributed by atoms with Gasteiger partial charge in [-0.2, -0.15) is 0 Å². The van der Waals surface area contributed by atoms with Gasteiger partial charge in [-0.1, -0.05) is 18.9 Å². The van der Waals surface area contributed by atoms with Crippen LogP contribution in [0.2, 0.25) is 0 Å². The highest BCUT2D eigenvalue weighted by molar-refractivity contribution is 6.00. The van der Waals surface area contributed by atoms with Crippen molar-refractivity contribution in [1.82, 2.24) is 10.3 Å². The van der Waals surface area contributed by atoms with E-state index in [2.05, 4.69) is 22.2 Å². The number of nitrogens with zero attached hydrogens (tertiary/aromatic N) is 2. The summed E-state index contributed by atoms with van der Waals surface area (Å²) in [5, 5.41) is 2.94. The normalized spacial score (nSPS) is 11.2. The Labute approximate surface area is 132 Å². The third-order valence-electron chi connectivity index (χ3n) is 3.38. The van der Waals surface area contributed by atoms with Crippen molar-refractivity contribution >= 4 is 11.6 Å². The molecular formula is C17H26N4O. The van der Waals surface area contributed by atoms with Gasteiger partial charge < -0.3 is 11.1 Å². The summed E-state index contributed by atoms with van der Waals surface area (Å²) >= 11 is 0. The van der Waals surface area contributed by atoms with Crippen LogP contribution in [-0.4, -0.2) is 29.8 Å². The summed E-state index contributed by atoms with van der Waals surface area (Å²) in [6, 6.07) is 3.58. The number of carbonyl (C=O) groups excluding carboxylic acids is 1. The van der Waals surface area contributed by atoms with Gasteiger partial charge in [-0.3, -0.25) is 14.8 Å². The van der Waals surface area contributed by atoms with Crippen molar-refractivity contribution in [2.45, 2.75) is 40.5 Å². The van der Waals surface area contributed by atoms with Crippen LogP contribution in [-0.2, 0) is 6.42 Å². The molecule has 0 fully saturated rings. The number of allylic oxidation sites excluding steroid dienone is 1. The monoisotopic (exact) mass is 302 g/mol. The lowest BCUT2D eigenvalue weighted by atomic mass is 10.1. The van der Waals surface area contributed by atoms with E-state index in [1.54, 1.807) is 12.3 Å². The molecule has 5 heteroatoms. The summed E-state index contributed by atoms with van der Waals surface area (Å²) in [4.78, 5) is 20.8. The molecule has 0 bridgehead atoms. The van der Waals surface area contributed by atoms with E-state index in [1.807, 2.05) is 26.8 Å². The molecule has 0 radical (unpaired) electrons. The van der Waals surface area contributed by atoms with Gasteiger partial charge in [-0.05, 0) is 44.9 Å². The van der Waals surface area contributed by atoms with Crippen molar-refractivity contribution in [2.24, 2.45) is 10.7 Å². The highest BCUT2D eigenvalue weighted by Crippen LogP contribution is 2.07. The van der Waals surface area contributed by atoms with Crippen LogP contribution in [0.5, 0.6) is 0 Å². The highest BCUT2D eigenvalue weighted by atomic mass is 16.1. The molecule has 120 valence electrons. The second-order valence-electron chi connectivity index (χ2n) is 5.37. The van der Waals surface area contributed by atoms with Crippen LogP contribution in [0.1, 0.15) is 50.2 Å². The molecule has 0 aromatic carbocycles. The molecule has 0 aliphatic carbocycles. The van der Waals surface area contributed by atoms with Crippen LogP contribution in [0.4, 0.5) is 0 Å². The van der Waals surface area contributed by atoms with E-state index in [1.165, 1.54) is 0 Å². The van der Waals surface area contributed by atoms with Crippen molar-refractivity contribution in [1.29, 1.82) is 0 Å². The SMILES string of the molecule is CCCc1cc(C(=O)NCC(=C(C)C)/C(C)=N\CN)ccn1. The Hall–Kier alpha value is -2.01. The van der Waals surface area contributed by atoms with E-state index >= 15 is 0 Å². The van der Waals surface area contributed by atoms with Crippen molar-refractivity contribution in [3.05, 3.63) is 40.7 Å². The average Bonchev–Trinajstić information content (AvgIpc) is 2.48. The number of pyridine rings is 1. The molecule has 0 atom stereocenters. The molecule has 22 heavy (non-hydrogen) atoms. The van der Waals surface area contributed by atoms with E-state index in [0.717, 1.165) is 35.4 Å². The first-order valence-electron chi connectivity index (χ1n) is 7.60. The number of hydrogen-bond donors (Lipinski definition) is 2. The molecule has 1 aromatic rings. The van der Waals surface area contributed by atoms with Crippen molar-refractivity contribution in [3.8, 4) is 0 Å². The minimum atomic E-state index is -0.0981. The zero-order valence-electron chi connectivity index (χ0n) is 13.9. The zero-order chi connectivity index (χ0) is 16.5. The highest BCUT2D eigenvalue weighted by Gasteiger charge is 2.10. The van der Waals surface area contributed by atoms with Gasteiger partial charge in [0.05, 0.1) is 6.67 Å². The lowest BCUT2D eigenvalue weighted by Crippen LogP contribution is -2.28. The van der Waals surface area contributed by atoms with E-state index < -0.39 is 0 Å². The fourth-order valence-corrected chi connectivity index (χ4v) is 2.18. The van der Waals surface area contributed by atoms with E-state index in [9.17, 15) is 4.79 Å². The van der Waals surface area contributed by atoms with Crippen LogP contribution in [0, 0.1) is 0 Å². The number of hydrogen-bond acceptors (Lipinski definition) is 4. The van der Waals surface area contributed by atoms with Gasteiger partial charge >= 0.3 is 0 Å². The number of nitrogens with two attached hydrogens (primary N) is 1. The second kappa shape index (κ2) is 9.10. The maximum atomic E-state index is 12.3. The summed E-state index contributed by atoms with van der Waals surface area (Å²) < 4.78 is 0. The summed E-state index contributed by atoms with van der Waals surface area (Å²) in [6.45, 7) is 8.71. The lowest BCUT2D eigenvalue weighted by molar-refractivity contribution is 0.0957. The van der Waals surface area contributed by atoms with E-state index in [4.69, 9.17) is 5.73 Å². The molecule has 0 aliphatic rings. The molecular weight excluding hydrogens is 276 g/mol. The van der Waals surface area contributed by atoms with Gasteiger partial charge in [0.1, 0.15) is 0 Å². The molecule has 1 amide bonds. The van der Waals surface area contributed by atoms with Gasteiger partial charge in [-0.15, -0.1) is 0 Å². The molecule has 0 saturated carbocycles. The lowest BCUT2D eigenvalue weighted by Gasteiger charge is -2.12. The van der Waals surface area contributed by atoms with Crippen molar-refractivity contribution in [2.75, 3.05) is 13.2 Å². The number of carbonyl (C=O) groups is 1. The fraction of sp³-hybridized carbons (Fsp3) is 0.471. The zero-order valence-corrected chi connectivity index (χ0v) is 13.9. The first kappa shape index (κ1) is 18.0. The Morgan fingerprint density at radius 1 is 1.36 bits per heavy atom. The van der Waals surface area contributed by atoms with E-state index in [-0.39, 0.29) is 12.6 Å². The van der Waals surface area contributed by atoms with Crippen LogP contribution >= 0.6 is 0 Å². The topological polar surface area (TPSA) is 80.4 Å². The second-order valence-corrected chi connectivity index (χ2v) is 5.37. The molecule has 1 rings (SSSR count). The average molecular weight is 302 g/mol. The van der Waals surface area contributed by atoms with Gasteiger partial charge in [0.15, 0.2) is 0 Å². The van der Waals surface area contributed by atoms with E-state index in [0.29, 0.717) is 12.1 Å². The smallest absolute Gasteiger partial charge is 0.251 e. The maximum Gasteiger partial charge on any atom is 0.251 e. The summed E-state index contributed by atoms with van der Waals surface area (Å²) in [5.74, 6) is -0.0981. The summed E-state index contributed by atoms with van der Waals surface area (Å²) in [7, 11) is 0. The molecule has 3 N–H and O–H groups in total. The predicted molar refractivity (Wildman–Crippen MR) is 91.1 cm³/mol. The standard InChI is InChI=1S/C17H26N4O/c1-5-6-15-9-14(7-8-19-15)17(22)20-10-16(12(2)3)13(4)21-11-18/h7-9H,5-6,10-11,18H2,1-4H3,(H,20,22)/b21-13-. The number of aromatic nitrogens is 1. The summed E-state index contributed by atoms with van der Waals surface area (Å²) in [6.07, 6.45) is 3.57. The maximum absolute atomic E-state index is 12.3. The van der Waals surface area contributed by atoms with Crippen molar-refractivity contribution in [3.63, 3.8) is 0 Å². The number of aryl methyl sites for hydroxylation is 1. The summed E-state index contributed by atoms with van der Waals surface area (Å²) in [5.41, 5.74) is 10.0. The van der Waals surface area contributed by atoms with Gasteiger partial charge in [0.2, 0.25) is 0 Å². The van der Waals surface area contributed by atoms with Crippen LogP contribution in [0.15, 0.2) is 34.5 Å². The van der Waals surface area contributed by atoms with Gasteiger partial charge in [0, 0.05) is 29.7 Å². The van der Waals surface area contributed by atoms with Gasteiger partial charge in [-0.25, -0.2) is 0 Å². The predicted octanol–water partition coefficient (Wildman–Crippen LogP) is 2.48. The minimum absolute atomic E-state index is 0.0981. The molecule has 1 aromatic heterocycles. The minimum Gasteiger partial charge on any atom is -0.348 e. The Bertz CT molecular complexity index is 572. The van der Waals surface area contributed by atoms with Crippen molar-refractivity contribution < 1.29 is 4.79 Å². The first-order valence-corrected chi connectivity index (χ1v) is 7.60. The Morgan fingerprint density at radius 2 is 2.09 bits per heavy atom. The quantitative estimate of drug-likeness (QED) is 0.759. The number of amides is 1. The Balaban J connectivity index is 2.78. The third-order valence-corrected chi connectivity index (χ3v) is 3.38. The number of nitrogens with one attached hydrogen (secondary N) is 1. The fourth-order valence-electron chi connectivity index (χ4n) is 2.18. The molecule has 0 unspecified atom stereocenters. The molecule has 1 heterocycles. The van der Waals surface area contributed by atoms with Crippen LogP contribution in [0.25, 0.3) is 0 Å². The molecule has 0 spiro atoms. The third kappa shape index (κ3) is 5.41. The molecule has 0 saturated heterocycles. The number of aliphatic imine (C=N–C) groups is 1.